The van der Waals surface area contributed by atoms with E-state index in [0.29, 0.717) is 12.2 Å². The summed E-state index contributed by atoms with van der Waals surface area (Å²) in [5.41, 5.74) is 1.19. The second-order valence-electron chi connectivity index (χ2n) is 5.80. The first-order valence-electron chi connectivity index (χ1n) is 7.51. The van der Waals surface area contributed by atoms with Crippen LogP contribution in [0.1, 0.15) is 24.0 Å². The highest BCUT2D eigenvalue weighted by Gasteiger charge is 2.26. The summed E-state index contributed by atoms with van der Waals surface area (Å²) in [6, 6.07) is 7.24. The Morgan fingerprint density at radius 1 is 1.35 bits per heavy atom. The number of sulfone groups is 1. The summed E-state index contributed by atoms with van der Waals surface area (Å²) in [6.07, 6.45) is 1.59. The molecular formula is C15H19N3O4S. The predicted octanol–water partition coefficient (Wildman–Crippen LogP) is 1.03. The summed E-state index contributed by atoms with van der Waals surface area (Å²) in [5, 5.41) is 5.74. The van der Waals surface area contributed by atoms with Gasteiger partial charge in [0.05, 0.1) is 18.4 Å². The van der Waals surface area contributed by atoms with Gasteiger partial charge in [-0.3, -0.25) is 4.57 Å². The molecule has 0 spiro atoms. The zero-order valence-corrected chi connectivity index (χ0v) is 13.7. The van der Waals surface area contributed by atoms with Gasteiger partial charge in [0.2, 0.25) is 9.84 Å². The molecule has 1 aromatic carbocycles. The van der Waals surface area contributed by atoms with E-state index in [1.54, 1.807) is 12.1 Å². The molecule has 2 aromatic rings. The maximum absolute atomic E-state index is 12.6. The average Bonchev–Trinajstić information content (AvgIpc) is 3.13. The summed E-state index contributed by atoms with van der Waals surface area (Å²) >= 11 is 0. The SMILES string of the molecule is Cc1ccc(CS(=O)(=O)c2n[nH]c(=O)n2CC2CCCO2)cc1. The molecule has 1 aliphatic rings. The van der Waals surface area contributed by atoms with Crippen molar-refractivity contribution in [2.45, 2.75) is 43.3 Å². The molecular weight excluding hydrogens is 318 g/mol. The van der Waals surface area contributed by atoms with E-state index < -0.39 is 15.5 Å². The van der Waals surface area contributed by atoms with Crippen LogP contribution in [0.2, 0.25) is 0 Å². The summed E-state index contributed by atoms with van der Waals surface area (Å²) in [6.45, 7) is 2.78. The van der Waals surface area contributed by atoms with Crippen molar-refractivity contribution in [3.8, 4) is 0 Å². The van der Waals surface area contributed by atoms with Crippen molar-refractivity contribution in [1.29, 1.82) is 0 Å². The highest BCUT2D eigenvalue weighted by atomic mass is 32.2. The number of hydrogen-bond donors (Lipinski definition) is 1. The lowest BCUT2D eigenvalue weighted by Crippen LogP contribution is -2.27. The number of aromatic amines is 1. The molecule has 7 nitrogen and oxygen atoms in total. The van der Waals surface area contributed by atoms with Crippen LogP contribution in [0.25, 0.3) is 0 Å². The molecule has 1 unspecified atom stereocenters. The molecule has 8 heteroatoms. The Kier molecular flexibility index (Phi) is 4.36. The Balaban J connectivity index is 1.87. The minimum Gasteiger partial charge on any atom is -0.376 e. The van der Waals surface area contributed by atoms with Crippen LogP contribution in [0.3, 0.4) is 0 Å². The second-order valence-corrected chi connectivity index (χ2v) is 7.68. The number of hydrogen-bond acceptors (Lipinski definition) is 5. The molecule has 0 radical (unpaired) electrons. The van der Waals surface area contributed by atoms with Gasteiger partial charge in [0.25, 0.3) is 5.16 Å². The van der Waals surface area contributed by atoms with Crippen LogP contribution in [0, 0.1) is 6.92 Å². The van der Waals surface area contributed by atoms with Gasteiger partial charge in [-0.15, -0.1) is 5.10 Å². The summed E-state index contributed by atoms with van der Waals surface area (Å²) < 4.78 is 31.9. The number of nitrogens with one attached hydrogen (secondary N) is 1. The summed E-state index contributed by atoms with van der Waals surface area (Å²) in [7, 11) is -3.71. The zero-order valence-electron chi connectivity index (χ0n) is 12.9. The summed E-state index contributed by atoms with van der Waals surface area (Å²) in [5.74, 6) is -0.191. The van der Waals surface area contributed by atoms with E-state index in [1.807, 2.05) is 19.1 Å². The first kappa shape index (κ1) is 15.9. The maximum Gasteiger partial charge on any atom is 0.344 e. The first-order chi connectivity index (χ1) is 11.0. The molecule has 0 amide bonds. The topological polar surface area (TPSA) is 94.0 Å². The fourth-order valence-corrected chi connectivity index (χ4v) is 4.10. The molecule has 1 N–H and O–H groups in total. The number of aromatic nitrogens is 3. The normalized spacial score (nSPS) is 18.4. The number of H-pyrrole nitrogens is 1. The lowest BCUT2D eigenvalue weighted by atomic mass is 10.2. The van der Waals surface area contributed by atoms with Gasteiger partial charge in [-0.05, 0) is 25.3 Å². The van der Waals surface area contributed by atoms with Crippen LogP contribution < -0.4 is 5.69 Å². The van der Waals surface area contributed by atoms with E-state index in [9.17, 15) is 13.2 Å². The lowest BCUT2D eigenvalue weighted by Gasteiger charge is -2.11. The Hall–Kier alpha value is -1.93. The van der Waals surface area contributed by atoms with Gasteiger partial charge >= 0.3 is 5.69 Å². The summed E-state index contributed by atoms with van der Waals surface area (Å²) in [4.78, 5) is 11.9. The highest BCUT2D eigenvalue weighted by molar-refractivity contribution is 7.90. The standard InChI is InChI=1S/C15H19N3O4S/c1-11-4-6-12(7-5-11)10-23(20,21)15-17-16-14(19)18(15)9-13-3-2-8-22-13/h4-7,13H,2-3,8-10H2,1H3,(H,16,19). The molecule has 1 aliphatic heterocycles. The van der Waals surface area contributed by atoms with Gasteiger partial charge in [0, 0.05) is 6.61 Å². The molecule has 23 heavy (non-hydrogen) atoms. The van der Waals surface area contributed by atoms with E-state index in [-0.39, 0.29) is 23.6 Å². The maximum atomic E-state index is 12.6. The Bertz CT molecular complexity index is 830. The highest BCUT2D eigenvalue weighted by Crippen LogP contribution is 2.17. The Morgan fingerprint density at radius 3 is 2.74 bits per heavy atom. The number of aryl methyl sites for hydroxylation is 1. The largest absolute Gasteiger partial charge is 0.376 e. The van der Waals surface area contributed by atoms with Gasteiger partial charge in [-0.2, -0.15) is 0 Å². The van der Waals surface area contributed by atoms with Gasteiger partial charge in [-0.1, -0.05) is 29.8 Å². The quantitative estimate of drug-likeness (QED) is 0.879. The lowest BCUT2D eigenvalue weighted by molar-refractivity contribution is 0.0940. The van der Waals surface area contributed by atoms with Crippen molar-refractivity contribution in [1.82, 2.24) is 14.8 Å². The average molecular weight is 337 g/mol. The van der Waals surface area contributed by atoms with Crippen molar-refractivity contribution >= 4 is 9.84 Å². The van der Waals surface area contributed by atoms with Crippen LogP contribution >= 0.6 is 0 Å². The van der Waals surface area contributed by atoms with Gasteiger partial charge in [-0.25, -0.2) is 18.3 Å². The molecule has 124 valence electrons. The van der Waals surface area contributed by atoms with Crippen LogP contribution in [0.4, 0.5) is 0 Å². The van der Waals surface area contributed by atoms with Crippen molar-refractivity contribution in [3.63, 3.8) is 0 Å². The van der Waals surface area contributed by atoms with Crippen molar-refractivity contribution in [2.75, 3.05) is 6.61 Å². The van der Waals surface area contributed by atoms with E-state index in [4.69, 9.17) is 4.74 Å². The predicted molar refractivity (Wildman–Crippen MR) is 83.9 cm³/mol. The Morgan fingerprint density at radius 2 is 2.09 bits per heavy atom. The molecule has 3 rings (SSSR count). The first-order valence-corrected chi connectivity index (χ1v) is 9.16. The third-order valence-electron chi connectivity index (χ3n) is 3.89. The van der Waals surface area contributed by atoms with Crippen molar-refractivity contribution in [2.24, 2.45) is 0 Å². The molecule has 0 aliphatic carbocycles. The fourth-order valence-electron chi connectivity index (χ4n) is 2.66. The molecule has 0 saturated carbocycles. The van der Waals surface area contributed by atoms with Crippen LogP contribution in [-0.4, -0.2) is 35.9 Å². The third kappa shape index (κ3) is 3.53. The van der Waals surface area contributed by atoms with Crippen molar-refractivity contribution in [3.05, 3.63) is 45.9 Å². The number of nitrogens with zero attached hydrogens (tertiary/aromatic N) is 2. The van der Waals surface area contributed by atoms with E-state index in [2.05, 4.69) is 10.2 Å². The van der Waals surface area contributed by atoms with E-state index in [0.717, 1.165) is 18.4 Å². The molecule has 1 atom stereocenters. The smallest absolute Gasteiger partial charge is 0.344 e. The van der Waals surface area contributed by atoms with Gasteiger partial charge < -0.3 is 4.74 Å². The van der Waals surface area contributed by atoms with E-state index >= 15 is 0 Å². The molecule has 1 aromatic heterocycles. The molecule has 0 bridgehead atoms. The van der Waals surface area contributed by atoms with Crippen molar-refractivity contribution < 1.29 is 13.2 Å². The van der Waals surface area contributed by atoms with Gasteiger partial charge in [0.15, 0.2) is 0 Å². The monoisotopic (exact) mass is 337 g/mol. The Labute approximate surface area is 134 Å². The van der Waals surface area contributed by atoms with Gasteiger partial charge in [0.1, 0.15) is 0 Å². The molecule has 2 heterocycles. The van der Waals surface area contributed by atoms with Crippen LogP contribution in [-0.2, 0) is 26.9 Å². The number of benzene rings is 1. The van der Waals surface area contributed by atoms with E-state index in [1.165, 1.54) is 4.57 Å². The third-order valence-corrected chi connectivity index (χ3v) is 5.47. The number of ether oxygens (including phenoxy) is 1. The minimum atomic E-state index is -3.71. The fraction of sp³-hybridized carbons (Fsp3) is 0.467. The second kappa shape index (κ2) is 6.29. The zero-order chi connectivity index (χ0) is 16.4. The molecule has 1 saturated heterocycles. The van der Waals surface area contributed by atoms with Crippen LogP contribution in [0.15, 0.2) is 34.2 Å². The number of rotatable bonds is 5. The molecule has 1 fully saturated rings. The minimum absolute atomic E-state index is 0.140. The van der Waals surface area contributed by atoms with Crippen LogP contribution in [0.5, 0.6) is 0 Å².